The molecule has 118 valence electrons. The van der Waals surface area contributed by atoms with Gasteiger partial charge in [-0.3, -0.25) is 4.57 Å². The molecule has 4 aromatic rings. The Morgan fingerprint density at radius 2 is 1.83 bits per heavy atom. The van der Waals surface area contributed by atoms with Gasteiger partial charge in [-0.1, -0.05) is 42.5 Å². The van der Waals surface area contributed by atoms with Gasteiger partial charge in [0.25, 0.3) is 0 Å². The molecule has 0 aliphatic carbocycles. The van der Waals surface area contributed by atoms with Crippen LogP contribution < -0.4 is 0 Å². The number of carbonyl (C=O) groups excluding carboxylic acids is 1. The van der Waals surface area contributed by atoms with E-state index in [9.17, 15) is 4.79 Å². The van der Waals surface area contributed by atoms with Gasteiger partial charge >= 0.3 is 5.97 Å². The van der Waals surface area contributed by atoms with Crippen LogP contribution in [0.15, 0.2) is 67.0 Å². The molecule has 0 bridgehead atoms. The number of thiophene rings is 1. The third kappa shape index (κ3) is 2.39. The number of aromatic nitrogens is 2. The molecule has 0 saturated heterocycles. The lowest BCUT2D eigenvalue weighted by atomic mass is 10.1. The first-order valence-corrected chi connectivity index (χ1v) is 8.29. The van der Waals surface area contributed by atoms with E-state index in [0.717, 1.165) is 27.2 Å². The lowest BCUT2D eigenvalue weighted by Crippen LogP contribution is -1.99. The number of imidazole rings is 1. The Labute approximate surface area is 143 Å². The highest BCUT2D eigenvalue weighted by Gasteiger charge is 2.19. The average Bonchev–Trinajstić information content (AvgIpc) is 3.26. The van der Waals surface area contributed by atoms with Crippen molar-refractivity contribution in [2.75, 3.05) is 7.11 Å². The van der Waals surface area contributed by atoms with E-state index in [1.54, 1.807) is 6.33 Å². The van der Waals surface area contributed by atoms with Crippen molar-refractivity contribution in [2.45, 2.75) is 0 Å². The monoisotopic (exact) mass is 334 g/mol. The van der Waals surface area contributed by atoms with Crippen LogP contribution in [0.1, 0.15) is 9.67 Å². The minimum absolute atomic E-state index is 0.325. The van der Waals surface area contributed by atoms with Gasteiger partial charge < -0.3 is 4.74 Å². The second kappa shape index (κ2) is 5.94. The van der Waals surface area contributed by atoms with E-state index in [2.05, 4.69) is 4.98 Å². The zero-order valence-electron chi connectivity index (χ0n) is 13.0. The zero-order valence-corrected chi connectivity index (χ0v) is 13.8. The Balaban J connectivity index is 1.92. The number of rotatable bonds is 3. The Bertz CT molecular complexity index is 1020. The maximum atomic E-state index is 12.2. The molecule has 0 atom stereocenters. The number of hydrogen-bond acceptors (Lipinski definition) is 4. The zero-order chi connectivity index (χ0) is 16.5. The summed E-state index contributed by atoms with van der Waals surface area (Å²) in [5.41, 5.74) is 3.80. The van der Waals surface area contributed by atoms with Crippen LogP contribution in [0.3, 0.4) is 0 Å². The van der Waals surface area contributed by atoms with Gasteiger partial charge in [-0.2, -0.15) is 0 Å². The number of ether oxygens (including phenoxy) is 1. The van der Waals surface area contributed by atoms with Crippen LogP contribution in [-0.4, -0.2) is 22.6 Å². The third-order valence-electron chi connectivity index (χ3n) is 3.87. The summed E-state index contributed by atoms with van der Waals surface area (Å²) in [6.45, 7) is 0. The fourth-order valence-corrected chi connectivity index (χ4v) is 3.79. The van der Waals surface area contributed by atoms with Crippen LogP contribution in [0.25, 0.3) is 27.2 Å². The van der Waals surface area contributed by atoms with E-state index in [0.29, 0.717) is 4.88 Å². The van der Waals surface area contributed by atoms with Crippen molar-refractivity contribution >= 4 is 28.3 Å². The first-order chi connectivity index (χ1) is 11.8. The van der Waals surface area contributed by atoms with Gasteiger partial charge in [0, 0.05) is 5.56 Å². The van der Waals surface area contributed by atoms with Crippen LogP contribution in [0.4, 0.5) is 0 Å². The molecule has 0 unspecified atom stereocenters. The summed E-state index contributed by atoms with van der Waals surface area (Å²) in [7, 11) is 1.41. The van der Waals surface area contributed by atoms with E-state index in [1.165, 1.54) is 18.4 Å². The lowest BCUT2D eigenvalue weighted by Gasteiger charge is -2.01. The average molecular weight is 334 g/mol. The number of fused-ring (bicyclic) bond motifs is 1. The van der Waals surface area contributed by atoms with E-state index >= 15 is 0 Å². The topological polar surface area (TPSA) is 44.1 Å². The molecule has 5 heteroatoms. The normalized spacial score (nSPS) is 10.9. The highest BCUT2D eigenvalue weighted by Crippen LogP contribution is 2.35. The molecule has 0 aliphatic heterocycles. The van der Waals surface area contributed by atoms with Gasteiger partial charge in [0.1, 0.15) is 16.2 Å². The van der Waals surface area contributed by atoms with Gasteiger partial charge in [-0.05, 0) is 23.8 Å². The predicted octanol–water partition coefficient (Wildman–Crippen LogP) is 4.54. The molecule has 2 aromatic heterocycles. The lowest BCUT2D eigenvalue weighted by molar-refractivity contribution is 0.0607. The Morgan fingerprint density at radius 1 is 1.08 bits per heavy atom. The van der Waals surface area contributed by atoms with Gasteiger partial charge in [0.05, 0.1) is 18.1 Å². The molecule has 0 amide bonds. The van der Waals surface area contributed by atoms with E-state index in [-0.39, 0.29) is 5.97 Å². The Hall–Kier alpha value is -2.92. The number of carbonyl (C=O) groups is 1. The number of nitrogens with zero attached hydrogens (tertiary/aromatic N) is 2. The van der Waals surface area contributed by atoms with Gasteiger partial charge in [0.15, 0.2) is 0 Å². The SMILES string of the molecule is COC(=O)c1sc(-n2cnc3ccccc32)cc1-c1ccccc1. The minimum atomic E-state index is -0.325. The Morgan fingerprint density at radius 3 is 2.62 bits per heavy atom. The van der Waals surface area contributed by atoms with Crippen molar-refractivity contribution in [3.63, 3.8) is 0 Å². The first-order valence-electron chi connectivity index (χ1n) is 7.48. The van der Waals surface area contributed by atoms with Crippen LogP contribution >= 0.6 is 11.3 Å². The molecule has 0 spiro atoms. The number of esters is 1. The van der Waals surface area contributed by atoms with Crippen LogP contribution in [0.2, 0.25) is 0 Å². The standard InChI is InChI=1S/C19H14N2O2S/c1-23-19(22)18-14(13-7-3-2-4-8-13)11-17(24-18)21-12-20-15-9-5-6-10-16(15)21/h2-12H,1H3. The predicted molar refractivity (Wildman–Crippen MR) is 95.7 cm³/mol. The maximum Gasteiger partial charge on any atom is 0.348 e. The minimum Gasteiger partial charge on any atom is -0.465 e. The van der Waals surface area contributed by atoms with Gasteiger partial charge in [-0.25, -0.2) is 9.78 Å². The number of hydrogen-bond donors (Lipinski definition) is 0. The van der Waals surface area contributed by atoms with Crippen molar-refractivity contribution in [1.29, 1.82) is 0 Å². The van der Waals surface area contributed by atoms with Crippen molar-refractivity contribution in [2.24, 2.45) is 0 Å². The number of para-hydroxylation sites is 2. The molecule has 0 N–H and O–H groups in total. The molecule has 0 radical (unpaired) electrons. The van der Waals surface area contributed by atoms with E-state index in [1.807, 2.05) is 65.2 Å². The highest BCUT2D eigenvalue weighted by atomic mass is 32.1. The number of benzene rings is 2. The molecule has 0 aliphatic rings. The molecule has 2 heterocycles. The summed E-state index contributed by atoms with van der Waals surface area (Å²) in [5.74, 6) is -0.325. The molecule has 0 fully saturated rings. The summed E-state index contributed by atoms with van der Waals surface area (Å²) >= 11 is 1.41. The highest BCUT2D eigenvalue weighted by molar-refractivity contribution is 7.17. The number of methoxy groups -OCH3 is 1. The van der Waals surface area contributed by atoms with Gasteiger partial charge in [-0.15, -0.1) is 11.3 Å². The summed E-state index contributed by atoms with van der Waals surface area (Å²) in [6, 6.07) is 19.8. The summed E-state index contributed by atoms with van der Waals surface area (Å²) in [6.07, 6.45) is 1.78. The van der Waals surface area contributed by atoms with E-state index < -0.39 is 0 Å². The first kappa shape index (κ1) is 14.7. The molecule has 4 nitrogen and oxygen atoms in total. The molecule has 24 heavy (non-hydrogen) atoms. The van der Waals surface area contributed by atoms with Crippen molar-refractivity contribution < 1.29 is 9.53 Å². The van der Waals surface area contributed by atoms with E-state index in [4.69, 9.17) is 4.74 Å². The van der Waals surface area contributed by atoms with Crippen LogP contribution in [0, 0.1) is 0 Å². The van der Waals surface area contributed by atoms with Crippen LogP contribution in [-0.2, 0) is 4.74 Å². The fourth-order valence-electron chi connectivity index (χ4n) is 2.71. The molecular weight excluding hydrogens is 320 g/mol. The third-order valence-corrected chi connectivity index (χ3v) is 4.98. The smallest absolute Gasteiger partial charge is 0.348 e. The van der Waals surface area contributed by atoms with Crippen molar-refractivity contribution in [3.8, 4) is 16.1 Å². The molecular formula is C19H14N2O2S. The molecule has 4 rings (SSSR count). The summed E-state index contributed by atoms with van der Waals surface area (Å²) in [5, 5.41) is 0.933. The summed E-state index contributed by atoms with van der Waals surface area (Å²) in [4.78, 5) is 17.2. The quantitative estimate of drug-likeness (QED) is 0.517. The molecule has 0 saturated carbocycles. The van der Waals surface area contributed by atoms with Crippen LogP contribution in [0.5, 0.6) is 0 Å². The van der Waals surface area contributed by atoms with Crippen molar-refractivity contribution in [3.05, 3.63) is 71.9 Å². The van der Waals surface area contributed by atoms with Gasteiger partial charge in [0.2, 0.25) is 0 Å². The maximum absolute atomic E-state index is 12.2. The second-order valence-corrected chi connectivity index (χ2v) is 6.32. The summed E-state index contributed by atoms with van der Waals surface area (Å²) < 4.78 is 6.96. The van der Waals surface area contributed by atoms with Crippen molar-refractivity contribution in [1.82, 2.24) is 9.55 Å². The Kier molecular flexibility index (Phi) is 3.63. The largest absolute Gasteiger partial charge is 0.465 e. The fraction of sp³-hybridized carbons (Fsp3) is 0.0526. The second-order valence-electron chi connectivity index (χ2n) is 5.29. The molecule has 2 aromatic carbocycles.